The van der Waals surface area contributed by atoms with E-state index in [0.29, 0.717) is 188 Å². The normalized spacial score (nSPS) is 16.3. The van der Waals surface area contributed by atoms with Gasteiger partial charge in [0.25, 0.3) is 0 Å². The number of nitrogens with zero attached hydrogens (tertiary/aromatic N) is 28. The first-order valence-electron chi connectivity index (χ1n) is 46.6. The number of rotatable bonds is 21. The van der Waals surface area contributed by atoms with E-state index in [1.54, 1.807) is 101 Å². The summed E-state index contributed by atoms with van der Waals surface area (Å²) in [4.78, 5) is 60.0. The Morgan fingerprint density at radius 3 is 1.22 bits per heavy atom. The molecule has 21 rings (SSSR count). The smallest absolute Gasteiger partial charge is 0.391 e. The summed E-state index contributed by atoms with van der Waals surface area (Å²) in [6.45, 7) is 17.2. The van der Waals surface area contributed by atoms with Crippen LogP contribution >= 0.6 is 0 Å². The third kappa shape index (κ3) is 24.4. The molecule has 6 aliphatic rings. The molecule has 3 atom stereocenters. The van der Waals surface area contributed by atoms with Crippen LogP contribution in [0.2, 0.25) is 0 Å². The van der Waals surface area contributed by atoms with Gasteiger partial charge in [-0.15, -0.1) is 5.10 Å². The molecular weight excluding hydrogens is 1860 g/mol. The van der Waals surface area contributed by atoms with Crippen LogP contribution in [-0.4, -0.2) is 224 Å². The van der Waals surface area contributed by atoms with Crippen LogP contribution < -0.4 is 45.8 Å². The van der Waals surface area contributed by atoms with Crippen LogP contribution in [0.3, 0.4) is 0 Å². The third-order valence-corrected chi connectivity index (χ3v) is 24.1. The molecule has 0 radical (unpaired) electrons. The van der Waals surface area contributed by atoms with Gasteiger partial charge in [0.15, 0.2) is 16.9 Å². The highest BCUT2D eigenvalue weighted by Gasteiger charge is 2.34. The molecule has 0 saturated carbocycles. The first-order valence-corrected chi connectivity index (χ1v) is 46.6. The SMILES string of the molecule is C[N+]1=NC(c2ccc(Nc3nccc(-c4cc(C#N)cc(N5CCCC(O)C5)c4)n3)cc2)N=N1.Cc1nc(C)n(-c2ccc(Nc3nccc(-c4cc(F)cc(N5CCOCC5)c4)n3)cc2F)n1.Cc1nc(C)n(-c2ccc(Nc3nccc(-c4cc(N5CCOCC5)cc(C(F)(F)F)c4)n3)cc2F)n1.N#Cc1cc(-c2ccnc(Nc3ccc(-n4cnc(N5CCOCC5)n4)cc3)n2)cc(N2CCCC(O)C2)c1. The summed E-state index contributed by atoms with van der Waals surface area (Å²) in [6, 6.07) is 56.1. The Labute approximate surface area is 823 Å². The minimum Gasteiger partial charge on any atom is -0.391 e. The molecule has 8 aromatic carbocycles. The van der Waals surface area contributed by atoms with E-state index in [2.05, 4.69) is 134 Å². The molecule has 15 aromatic rings. The molecule has 0 spiro atoms. The summed E-state index contributed by atoms with van der Waals surface area (Å²) in [6.07, 6.45) is 6.02. The van der Waals surface area contributed by atoms with Crippen molar-refractivity contribution in [2.24, 2.45) is 15.5 Å². The van der Waals surface area contributed by atoms with Gasteiger partial charge < -0.3 is 70.2 Å². The highest BCUT2D eigenvalue weighted by molar-refractivity contribution is 5.75. The van der Waals surface area contributed by atoms with Gasteiger partial charge in [0.1, 0.15) is 53.9 Å². The van der Waals surface area contributed by atoms with Crippen molar-refractivity contribution in [1.29, 1.82) is 10.5 Å². The molecule has 5 saturated heterocycles. The number of piperidine rings is 2. The first-order chi connectivity index (χ1) is 69.8. The van der Waals surface area contributed by atoms with E-state index in [0.717, 1.165) is 115 Å². The molecule has 0 aliphatic carbocycles. The first kappa shape index (κ1) is 97.5. The Bertz CT molecular complexity index is 7240. The molecular formula is C101H99F6N32O5+. The van der Waals surface area contributed by atoms with Gasteiger partial charge >= 0.3 is 12.3 Å². The number of aryl methyl sites for hydroxylation is 4. The van der Waals surface area contributed by atoms with Crippen molar-refractivity contribution in [3.63, 3.8) is 0 Å². The minimum absolute atomic E-state index is 0.114. The maximum Gasteiger partial charge on any atom is 0.416 e. The topological polar surface area (TPSA) is 415 Å². The molecule has 7 aromatic heterocycles. The fraction of sp³-hybridized carbons (Fsp3) is 0.287. The number of nitrogens with one attached hydrogen (secondary N) is 4. The van der Waals surface area contributed by atoms with E-state index in [1.165, 1.54) is 50.7 Å². The van der Waals surface area contributed by atoms with E-state index < -0.39 is 23.4 Å². The second-order valence-electron chi connectivity index (χ2n) is 34.5. The van der Waals surface area contributed by atoms with E-state index in [-0.39, 0.29) is 41.8 Å². The number of morpholine rings is 3. The Hall–Kier alpha value is -16.7. The lowest BCUT2D eigenvalue weighted by Gasteiger charge is -2.32. The zero-order valence-electron chi connectivity index (χ0n) is 79.0. The molecule has 43 heteroatoms. The largest absolute Gasteiger partial charge is 0.416 e. The fourth-order valence-corrected chi connectivity index (χ4v) is 17.1. The number of hydrogen-bond donors (Lipinski definition) is 6. The summed E-state index contributed by atoms with van der Waals surface area (Å²) in [7, 11) is 1.74. The van der Waals surface area contributed by atoms with Gasteiger partial charge in [-0.2, -0.15) is 38.9 Å². The lowest BCUT2D eigenvalue weighted by Crippen LogP contribution is -2.38. The Kier molecular flexibility index (Phi) is 30.0. The summed E-state index contributed by atoms with van der Waals surface area (Å²) in [5.41, 5.74) is 13.1. The maximum atomic E-state index is 14.9. The summed E-state index contributed by atoms with van der Waals surface area (Å²) in [5.74, 6) is 2.88. The number of hydrogen-bond acceptors (Lipinski definition) is 33. The second kappa shape index (κ2) is 44.4. The number of anilines is 13. The molecule has 734 valence electrons. The van der Waals surface area contributed by atoms with Crippen molar-refractivity contribution >= 4 is 75.2 Å². The number of benzene rings is 8. The van der Waals surface area contributed by atoms with Gasteiger partial charge in [0.2, 0.25) is 29.7 Å². The van der Waals surface area contributed by atoms with E-state index >= 15 is 0 Å². The minimum atomic E-state index is -4.52. The maximum absolute atomic E-state index is 14.9. The molecule has 13 heterocycles. The zero-order chi connectivity index (χ0) is 99.9. The predicted molar refractivity (Wildman–Crippen MR) is 527 cm³/mol. The number of aliphatic hydroxyl groups is 2. The quantitative estimate of drug-likeness (QED) is 0.0287. The van der Waals surface area contributed by atoms with E-state index in [4.69, 9.17) is 19.2 Å². The van der Waals surface area contributed by atoms with Crippen molar-refractivity contribution < 1.29 is 55.6 Å². The van der Waals surface area contributed by atoms with Crippen molar-refractivity contribution in [3.8, 4) is 74.2 Å². The van der Waals surface area contributed by atoms with Gasteiger partial charge in [-0.3, -0.25) is 0 Å². The number of alkyl halides is 3. The number of halogens is 6. The van der Waals surface area contributed by atoms with Gasteiger partial charge in [0.05, 0.1) is 114 Å². The Balaban J connectivity index is 0.000000127. The molecule has 5 fully saturated rings. The van der Waals surface area contributed by atoms with E-state index in [1.807, 2.05) is 108 Å². The summed E-state index contributed by atoms with van der Waals surface area (Å²) >= 11 is 0. The highest BCUT2D eigenvalue weighted by atomic mass is 19.4. The molecule has 37 nitrogen and oxygen atoms in total. The van der Waals surface area contributed by atoms with E-state index in [9.17, 15) is 47.1 Å². The average molecular weight is 1960 g/mol. The number of aromatic nitrogens is 17. The lowest BCUT2D eigenvalue weighted by atomic mass is 10.0. The molecule has 6 N–H and O–H groups in total. The van der Waals surface area contributed by atoms with Gasteiger partial charge in [-0.25, -0.2) is 77.1 Å². The van der Waals surface area contributed by atoms with Gasteiger partial charge in [-0.05, 0) is 233 Å². The summed E-state index contributed by atoms with van der Waals surface area (Å²) < 4.78 is 106. The van der Waals surface area contributed by atoms with Crippen LogP contribution in [0.4, 0.5) is 102 Å². The average Bonchev–Trinajstić information content (AvgIpc) is 1.23. The van der Waals surface area contributed by atoms with Crippen LogP contribution in [0.25, 0.3) is 62.1 Å². The van der Waals surface area contributed by atoms with Crippen molar-refractivity contribution in [3.05, 3.63) is 276 Å². The van der Waals surface area contributed by atoms with Crippen LogP contribution in [0, 0.1) is 67.8 Å². The number of ether oxygens (including phenoxy) is 3. The highest BCUT2D eigenvalue weighted by Crippen LogP contribution is 2.39. The zero-order valence-corrected chi connectivity index (χ0v) is 79.0. The number of aliphatic hydroxyl groups excluding tert-OH is 2. The number of azo groups is 1. The molecule has 0 bridgehead atoms. The fourth-order valence-electron chi connectivity index (χ4n) is 17.1. The van der Waals surface area contributed by atoms with Crippen molar-refractivity contribution in [2.75, 3.05) is 158 Å². The molecule has 0 amide bonds. The number of β-amino-alcohol motifs (C(OH)–C–C–N with tert-alkyl or cyclic N) is 2. The van der Waals surface area contributed by atoms with Crippen LogP contribution in [0.1, 0.15) is 77.4 Å². The van der Waals surface area contributed by atoms with Crippen molar-refractivity contribution in [2.45, 2.75) is 77.9 Å². The number of nitriles is 2. The van der Waals surface area contributed by atoms with Crippen LogP contribution in [-0.2, 0) is 20.4 Å². The van der Waals surface area contributed by atoms with Gasteiger partial charge in [-0.1, -0.05) is 12.1 Å². The predicted octanol–water partition coefficient (Wildman–Crippen LogP) is 16.6. The standard InChI is InChI=1S/C28H29N9O2.C25H23F4N7O.C24H23F2N7O.C24H24N9O/c29-17-20-14-21(16-24(15-20)36-9-1-2-25(38)18-36)26-7-8-30-27(33-26)32-22-3-5-23(6-4-22)37-19-31-28(34-37)35-10-12-39-13-11-35;1-15-31-16(2)36(34-15)23-4-3-19(14-21(23)26)32-24-30-6-5-22(33-24)17-11-18(25(27,28)29)13-20(12-17)35-7-9-37-10-8-35;1-15-28-16(2)33(31-15)23-4-3-19(14-21(23)26)29-24-27-6-5-22(30-24)17-11-18(25)13-20(12-17)32-7-9-34-10-8-32;1-32-30-23(29-31-32)17-4-6-19(7-5-17)27-24-26-9-8-22(28-24)18-11-16(14-25)12-20(13-18)33-10-2-3-21(34)15-33/h3-8,14-16,19,25,38H,1-2,9-13,18H2,(H,30,32,33);3-6,11-14H,7-10H2,1-2H3,(H,30,32,33);3-6,11-14H,7-10H2,1-2H3,(H,27,29,30);4-9,11-13,21,23,34H,2-3,10,15H2,1H3,(H,26,27,28)/q;;;+1. The lowest BCUT2D eigenvalue weighted by molar-refractivity contribution is -0.570. The molecule has 3 unspecified atom stereocenters. The van der Waals surface area contributed by atoms with Crippen LogP contribution in [0.15, 0.2) is 229 Å². The van der Waals surface area contributed by atoms with Crippen LogP contribution in [0.5, 0.6) is 0 Å². The Morgan fingerprint density at radius 2 is 0.819 bits per heavy atom. The summed E-state index contributed by atoms with van der Waals surface area (Å²) in [5, 5.41) is 77.1. The van der Waals surface area contributed by atoms with Crippen molar-refractivity contribution in [1.82, 2.24) is 84.2 Å². The van der Waals surface area contributed by atoms with Gasteiger partial charge in [0, 0.05) is 164 Å². The third-order valence-electron chi connectivity index (χ3n) is 24.1. The monoisotopic (exact) mass is 1950 g/mol. The molecule has 6 aliphatic heterocycles. The Morgan fingerprint density at radius 1 is 0.417 bits per heavy atom. The second-order valence-corrected chi connectivity index (χ2v) is 34.5. The molecule has 144 heavy (non-hydrogen) atoms.